The molecule has 0 N–H and O–H groups in total. The summed E-state index contributed by atoms with van der Waals surface area (Å²) in [6.45, 7) is 0. The van der Waals surface area contributed by atoms with Gasteiger partial charge >= 0.3 is 0 Å². The SMILES string of the molecule is COc1ccc(C2=C(N(C)c3ccccc3)C(=O)N(c3ccc(N(C)C)cc3)C2=O)cc1. The third-order valence-corrected chi connectivity index (χ3v) is 5.54. The number of likely N-dealkylation sites (N-methyl/N-ethyl adjacent to an activating group) is 1. The van der Waals surface area contributed by atoms with E-state index in [-0.39, 0.29) is 11.8 Å². The van der Waals surface area contributed by atoms with Crippen LogP contribution in [0.25, 0.3) is 5.57 Å². The topological polar surface area (TPSA) is 53.1 Å². The third kappa shape index (κ3) is 3.71. The average Bonchev–Trinajstić information content (AvgIpc) is 3.09. The molecule has 0 atom stereocenters. The molecule has 0 unspecified atom stereocenters. The first-order valence-corrected chi connectivity index (χ1v) is 10.3. The standard InChI is InChI=1S/C26H25N3O3/c1-27(2)19-12-14-21(15-13-19)29-25(30)23(18-10-16-22(32-4)17-11-18)24(26(29)31)28(3)20-8-6-5-7-9-20/h5-17H,1-4H3. The van der Waals surface area contributed by atoms with Gasteiger partial charge in [0.1, 0.15) is 11.4 Å². The van der Waals surface area contributed by atoms with Crippen molar-refractivity contribution >= 4 is 34.4 Å². The highest BCUT2D eigenvalue weighted by atomic mass is 16.5. The number of carbonyl (C=O) groups is 2. The summed E-state index contributed by atoms with van der Waals surface area (Å²) < 4.78 is 5.25. The van der Waals surface area contributed by atoms with Crippen molar-refractivity contribution in [2.24, 2.45) is 0 Å². The summed E-state index contributed by atoms with van der Waals surface area (Å²) in [4.78, 5) is 32.2. The molecule has 4 rings (SSSR count). The summed E-state index contributed by atoms with van der Waals surface area (Å²) in [6.07, 6.45) is 0. The van der Waals surface area contributed by atoms with Gasteiger partial charge in [-0.05, 0) is 54.1 Å². The van der Waals surface area contributed by atoms with Crippen molar-refractivity contribution in [2.45, 2.75) is 0 Å². The van der Waals surface area contributed by atoms with Crippen molar-refractivity contribution in [2.75, 3.05) is 43.0 Å². The molecule has 0 radical (unpaired) electrons. The first-order chi connectivity index (χ1) is 15.4. The van der Waals surface area contributed by atoms with Crippen molar-refractivity contribution in [3.05, 3.63) is 90.1 Å². The van der Waals surface area contributed by atoms with Gasteiger partial charge in [-0.25, -0.2) is 4.90 Å². The molecule has 3 aromatic rings. The van der Waals surface area contributed by atoms with Gasteiger partial charge in [-0.1, -0.05) is 30.3 Å². The predicted octanol–water partition coefficient (Wildman–Crippen LogP) is 4.18. The van der Waals surface area contributed by atoms with Crippen LogP contribution in [0.15, 0.2) is 84.6 Å². The van der Waals surface area contributed by atoms with E-state index >= 15 is 0 Å². The molecule has 0 saturated heterocycles. The lowest BCUT2D eigenvalue weighted by atomic mass is 10.0. The van der Waals surface area contributed by atoms with Gasteiger partial charge in [0, 0.05) is 32.5 Å². The smallest absolute Gasteiger partial charge is 0.282 e. The Hall–Kier alpha value is -4.06. The molecule has 1 aliphatic heterocycles. The molecule has 6 nitrogen and oxygen atoms in total. The Labute approximate surface area is 187 Å². The number of imide groups is 1. The molecule has 3 aromatic carbocycles. The molecule has 0 saturated carbocycles. The summed E-state index contributed by atoms with van der Waals surface area (Å²) in [7, 11) is 7.28. The zero-order chi connectivity index (χ0) is 22.8. The largest absolute Gasteiger partial charge is 0.497 e. The zero-order valence-corrected chi connectivity index (χ0v) is 18.6. The molecular weight excluding hydrogens is 402 g/mol. The summed E-state index contributed by atoms with van der Waals surface area (Å²) in [5.74, 6) is -0.0273. The van der Waals surface area contributed by atoms with E-state index in [0.29, 0.717) is 28.3 Å². The Bertz CT molecular complexity index is 1170. The van der Waals surface area contributed by atoms with Gasteiger partial charge in [-0.3, -0.25) is 9.59 Å². The summed E-state index contributed by atoms with van der Waals surface area (Å²) in [5.41, 5.74) is 3.70. The Morgan fingerprint density at radius 2 is 1.34 bits per heavy atom. The number of benzene rings is 3. The maximum absolute atomic E-state index is 13.6. The number of para-hydroxylation sites is 1. The van der Waals surface area contributed by atoms with Gasteiger partial charge in [0.15, 0.2) is 0 Å². The van der Waals surface area contributed by atoms with Gasteiger partial charge in [-0.2, -0.15) is 0 Å². The van der Waals surface area contributed by atoms with Crippen LogP contribution in [0.2, 0.25) is 0 Å². The lowest BCUT2D eigenvalue weighted by molar-refractivity contribution is -0.120. The highest BCUT2D eigenvalue weighted by Crippen LogP contribution is 2.36. The fourth-order valence-corrected chi connectivity index (χ4v) is 3.76. The molecule has 0 spiro atoms. The Kier molecular flexibility index (Phi) is 5.69. The van der Waals surface area contributed by atoms with Crippen LogP contribution in [-0.2, 0) is 9.59 Å². The minimum Gasteiger partial charge on any atom is -0.497 e. The lowest BCUT2D eigenvalue weighted by Gasteiger charge is -2.22. The first-order valence-electron chi connectivity index (χ1n) is 10.3. The van der Waals surface area contributed by atoms with E-state index in [0.717, 1.165) is 11.4 Å². The average molecular weight is 428 g/mol. The number of amides is 2. The van der Waals surface area contributed by atoms with Crippen LogP contribution in [0.4, 0.5) is 17.1 Å². The molecule has 1 heterocycles. The van der Waals surface area contributed by atoms with E-state index in [4.69, 9.17) is 4.74 Å². The molecule has 2 amide bonds. The molecule has 0 fully saturated rings. The van der Waals surface area contributed by atoms with Crippen LogP contribution >= 0.6 is 0 Å². The van der Waals surface area contributed by atoms with E-state index < -0.39 is 0 Å². The summed E-state index contributed by atoms with van der Waals surface area (Å²) in [6, 6.07) is 24.1. The van der Waals surface area contributed by atoms with E-state index in [1.54, 1.807) is 55.5 Å². The number of rotatable bonds is 6. The molecule has 0 aliphatic carbocycles. The Morgan fingerprint density at radius 3 is 1.91 bits per heavy atom. The van der Waals surface area contributed by atoms with Crippen molar-refractivity contribution in [1.82, 2.24) is 0 Å². The molecule has 0 aromatic heterocycles. The highest BCUT2D eigenvalue weighted by Gasteiger charge is 2.42. The number of anilines is 3. The molecule has 0 bridgehead atoms. The van der Waals surface area contributed by atoms with E-state index in [9.17, 15) is 9.59 Å². The molecular formula is C26H25N3O3. The fourth-order valence-electron chi connectivity index (χ4n) is 3.76. The maximum Gasteiger partial charge on any atom is 0.282 e. The van der Waals surface area contributed by atoms with Gasteiger partial charge in [0.05, 0.1) is 18.4 Å². The van der Waals surface area contributed by atoms with Crippen LogP contribution in [0.1, 0.15) is 5.56 Å². The van der Waals surface area contributed by atoms with E-state index in [1.807, 2.05) is 61.5 Å². The van der Waals surface area contributed by atoms with E-state index in [2.05, 4.69) is 0 Å². The fraction of sp³-hybridized carbons (Fsp3) is 0.154. The van der Waals surface area contributed by atoms with Gasteiger partial charge in [-0.15, -0.1) is 0 Å². The van der Waals surface area contributed by atoms with Crippen LogP contribution in [0.3, 0.4) is 0 Å². The maximum atomic E-state index is 13.6. The van der Waals surface area contributed by atoms with Gasteiger partial charge < -0.3 is 14.5 Å². The van der Waals surface area contributed by atoms with Gasteiger partial charge in [0.25, 0.3) is 11.8 Å². The number of hydrogen-bond donors (Lipinski definition) is 0. The number of carbonyl (C=O) groups excluding carboxylic acids is 2. The normalized spacial score (nSPS) is 13.6. The predicted molar refractivity (Wildman–Crippen MR) is 128 cm³/mol. The zero-order valence-electron chi connectivity index (χ0n) is 18.6. The Balaban J connectivity index is 1.82. The molecule has 1 aliphatic rings. The van der Waals surface area contributed by atoms with E-state index in [1.165, 1.54) is 4.90 Å². The molecule has 6 heteroatoms. The second kappa shape index (κ2) is 8.59. The second-order valence-corrected chi connectivity index (χ2v) is 7.70. The number of nitrogens with zero attached hydrogens (tertiary/aromatic N) is 3. The van der Waals surface area contributed by atoms with Crippen molar-refractivity contribution < 1.29 is 14.3 Å². The van der Waals surface area contributed by atoms with Crippen LogP contribution in [-0.4, -0.2) is 40.1 Å². The van der Waals surface area contributed by atoms with Crippen LogP contribution < -0.4 is 19.4 Å². The van der Waals surface area contributed by atoms with Gasteiger partial charge in [0.2, 0.25) is 0 Å². The minimum absolute atomic E-state index is 0.336. The second-order valence-electron chi connectivity index (χ2n) is 7.70. The molecule has 32 heavy (non-hydrogen) atoms. The minimum atomic E-state index is -0.357. The summed E-state index contributed by atoms with van der Waals surface area (Å²) in [5, 5.41) is 0. The monoisotopic (exact) mass is 427 g/mol. The summed E-state index contributed by atoms with van der Waals surface area (Å²) >= 11 is 0. The number of methoxy groups -OCH3 is 1. The number of hydrogen-bond acceptors (Lipinski definition) is 5. The number of ether oxygens (including phenoxy) is 1. The Morgan fingerprint density at radius 1 is 0.719 bits per heavy atom. The lowest BCUT2D eigenvalue weighted by Crippen LogP contribution is -2.34. The highest BCUT2D eigenvalue weighted by molar-refractivity contribution is 6.46. The molecule has 162 valence electrons. The van der Waals surface area contributed by atoms with Crippen molar-refractivity contribution in [1.29, 1.82) is 0 Å². The van der Waals surface area contributed by atoms with Crippen LogP contribution in [0.5, 0.6) is 5.75 Å². The van der Waals surface area contributed by atoms with Crippen molar-refractivity contribution in [3.63, 3.8) is 0 Å². The quantitative estimate of drug-likeness (QED) is 0.553. The van der Waals surface area contributed by atoms with Crippen LogP contribution in [0, 0.1) is 0 Å². The van der Waals surface area contributed by atoms with Crippen molar-refractivity contribution in [3.8, 4) is 5.75 Å². The third-order valence-electron chi connectivity index (χ3n) is 5.54. The first kappa shape index (κ1) is 21.2.